The van der Waals surface area contributed by atoms with Crippen LogP contribution in [0.4, 0.5) is 10.1 Å². The molecule has 0 fully saturated rings. The highest BCUT2D eigenvalue weighted by Gasteiger charge is 2.12. The topological polar surface area (TPSA) is 72.2 Å². The van der Waals surface area contributed by atoms with Gasteiger partial charge in [0.25, 0.3) is 5.78 Å². The number of hydrogen-bond acceptors (Lipinski definition) is 4. The molecule has 7 heteroatoms. The Bertz CT molecular complexity index is 874. The van der Waals surface area contributed by atoms with Gasteiger partial charge in [0.15, 0.2) is 0 Å². The van der Waals surface area contributed by atoms with Crippen LogP contribution in [0.25, 0.3) is 5.78 Å². The Kier molecular flexibility index (Phi) is 4.01. The van der Waals surface area contributed by atoms with Crippen LogP contribution in [0.1, 0.15) is 23.4 Å². The minimum Gasteiger partial charge on any atom is -0.326 e. The molecule has 0 unspecified atom stereocenters. The first-order valence-electron chi connectivity index (χ1n) is 7.26. The van der Waals surface area contributed by atoms with Crippen molar-refractivity contribution in [2.75, 3.05) is 5.32 Å². The molecule has 3 aromatic rings. The Hall–Kier alpha value is -2.83. The van der Waals surface area contributed by atoms with E-state index in [0.717, 1.165) is 17.0 Å². The van der Waals surface area contributed by atoms with Crippen molar-refractivity contribution < 1.29 is 9.18 Å². The standard InChI is InChI=1S/C16H16FN5O/c1-10-14(11(2)22-16(20-10)18-9-19-22)6-7-15(23)21-13-5-3-4-12(17)8-13/h3-5,8-9H,6-7H2,1-2H3,(H,21,23). The fourth-order valence-electron chi connectivity index (χ4n) is 2.55. The van der Waals surface area contributed by atoms with Crippen molar-refractivity contribution in [3.05, 3.63) is 53.4 Å². The van der Waals surface area contributed by atoms with Gasteiger partial charge in [-0.15, -0.1) is 0 Å². The smallest absolute Gasteiger partial charge is 0.252 e. The van der Waals surface area contributed by atoms with Crippen molar-refractivity contribution in [3.8, 4) is 0 Å². The van der Waals surface area contributed by atoms with Crippen molar-refractivity contribution >= 4 is 17.4 Å². The second-order valence-corrected chi connectivity index (χ2v) is 5.29. The number of hydrogen-bond donors (Lipinski definition) is 1. The number of anilines is 1. The fourth-order valence-corrected chi connectivity index (χ4v) is 2.55. The molecule has 23 heavy (non-hydrogen) atoms. The Morgan fingerprint density at radius 3 is 2.96 bits per heavy atom. The summed E-state index contributed by atoms with van der Waals surface area (Å²) in [5.74, 6) is -0.00336. The summed E-state index contributed by atoms with van der Waals surface area (Å²) < 4.78 is 14.8. The summed E-state index contributed by atoms with van der Waals surface area (Å²) in [6, 6.07) is 5.83. The number of amides is 1. The van der Waals surface area contributed by atoms with Crippen LogP contribution < -0.4 is 5.32 Å². The van der Waals surface area contributed by atoms with Gasteiger partial charge >= 0.3 is 0 Å². The number of benzene rings is 1. The summed E-state index contributed by atoms with van der Waals surface area (Å²) in [6.45, 7) is 3.82. The minimum atomic E-state index is -0.379. The summed E-state index contributed by atoms with van der Waals surface area (Å²) in [7, 11) is 0. The zero-order valence-electron chi connectivity index (χ0n) is 12.9. The van der Waals surface area contributed by atoms with Crippen LogP contribution >= 0.6 is 0 Å². The monoisotopic (exact) mass is 313 g/mol. The zero-order valence-corrected chi connectivity index (χ0v) is 12.9. The highest BCUT2D eigenvalue weighted by Crippen LogP contribution is 2.16. The van der Waals surface area contributed by atoms with Crippen LogP contribution in [0.2, 0.25) is 0 Å². The maximum absolute atomic E-state index is 13.1. The van der Waals surface area contributed by atoms with Gasteiger partial charge in [-0.25, -0.2) is 13.9 Å². The lowest BCUT2D eigenvalue weighted by Gasteiger charge is -2.10. The molecule has 2 heterocycles. The molecule has 1 N–H and O–H groups in total. The first kappa shape index (κ1) is 15.1. The number of rotatable bonds is 4. The molecule has 0 saturated carbocycles. The van der Waals surface area contributed by atoms with E-state index in [4.69, 9.17) is 0 Å². The molecule has 2 aromatic heterocycles. The Morgan fingerprint density at radius 1 is 1.35 bits per heavy atom. The Balaban J connectivity index is 1.72. The van der Waals surface area contributed by atoms with Gasteiger partial charge in [0.1, 0.15) is 12.1 Å². The molecule has 0 bridgehead atoms. The molecule has 6 nitrogen and oxygen atoms in total. The van der Waals surface area contributed by atoms with E-state index in [-0.39, 0.29) is 18.1 Å². The van der Waals surface area contributed by atoms with Gasteiger partial charge < -0.3 is 5.32 Å². The second kappa shape index (κ2) is 6.12. The third-order valence-corrected chi connectivity index (χ3v) is 3.70. The number of carbonyl (C=O) groups excluding carboxylic acids is 1. The summed E-state index contributed by atoms with van der Waals surface area (Å²) in [5.41, 5.74) is 3.18. The van der Waals surface area contributed by atoms with E-state index in [1.807, 2.05) is 13.8 Å². The van der Waals surface area contributed by atoms with E-state index in [0.29, 0.717) is 17.9 Å². The zero-order chi connectivity index (χ0) is 16.4. The predicted molar refractivity (Wildman–Crippen MR) is 83.6 cm³/mol. The molecule has 0 aliphatic heterocycles. The van der Waals surface area contributed by atoms with E-state index in [9.17, 15) is 9.18 Å². The van der Waals surface area contributed by atoms with Crippen molar-refractivity contribution in [1.82, 2.24) is 19.6 Å². The molecule has 0 aliphatic rings. The van der Waals surface area contributed by atoms with Gasteiger partial charge in [0.05, 0.1) is 0 Å². The predicted octanol–water partition coefficient (Wildman–Crippen LogP) is 2.45. The average molecular weight is 313 g/mol. The number of carbonyl (C=O) groups is 1. The van der Waals surface area contributed by atoms with Crippen molar-refractivity contribution in [1.29, 1.82) is 0 Å². The second-order valence-electron chi connectivity index (χ2n) is 5.29. The lowest BCUT2D eigenvalue weighted by molar-refractivity contribution is -0.116. The van der Waals surface area contributed by atoms with Crippen molar-refractivity contribution in [2.45, 2.75) is 26.7 Å². The van der Waals surface area contributed by atoms with E-state index in [2.05, 4.69) is 20.4 Å². The van der Waals surface area contributed by atoms with Crippen LogP contribution in [0.15, 0.2) is 30.6 Å². The quantitative estimate of drug-likeness (QED) is 0.803. The van der Waals surface area contributed by atoms with Crippen molar-refractivity contribution in [3.63, 3.8) is 0 Å². The fraction of sp³-hybridized carbons (Fsp3) is 0.250. The van der Waals surface area contributed by atoms with Gasteiger partial charge in [-0.3, -0.25) is 4.79 Å². The van der Waals surface area contributed by atoms with E-state index in [1.165, 1.54) is 18.5 Å². The van der Waals surface area contributed by atoms with Gasteiger partial charge in [-0.2, -0.15) is 10.1 Å². The largest absolute Gasteiger partial charge is 0.326 e. The summed E-state index contributed by atoms with van der Waals surface area (Å²) in [5, 5.41) is 6.82. The van der Waals surface area contributed by atoms with Gasteiger partial charge in [0.2, 0.25) is 5.91 Å². The van der Waals surface area contributed by atoms with Crippen LogP contribution in [-0.2, 0) is 11.2 Å². The highest BCUT2D eigenvalue weighted by atomic mass is 19.1. The molecule has 0 atom stereocenters. The summed E-state index contributed by atoms with van der Waals surface area (Å²) >= 11 is 0. The molecular formula is C16H16FN5O. The maximum Gasteiger partial charge on any atom is 0.252 e. The number of halogens is 1. The SMILES string of the molecule is Cc1nc2ncnn2c(C)c1CCC(=O)Nc1cccc(F)c1. The maximum atomic E-state index is 13.1. The van der Waals surface area contributed by atoms with E-state index >= 15 is 0 Å². The van der Waals surface area contributed by atoms with Crippen LogP contribution in [-0.4, -0.2) is 25.5 Å². The number of aryl methyl sites for hydroxylation is 2. The lowest BCUT2D eigenvalue weighted by Crippen LogP contribution is -2.14. The third kappa shape index (κ3) is 3.18. The minimum absolute atomic E-state index is 0.173. The normalized spacial score (nSPS) is 10.9. The first-order chi connectivity index (χ1) is 11.0. The van der Waals surface area contributed by atoms with Gasteiger partial charge in [-0.1, -0.05) is 6.07 Å². The van der Waals surface area contributed by atoms with Crippen LogP contribution in [0, 0.1) is 19.7 Å². The highest BCUT2D eigenvalue weighted by molar-refractivity contribution is 5.90. The number of nitrogens with zero attached hydrogens (tertiary/aromatic N) is 4. The van der Waals surface area contributed by atoms with Crippen LogP contribution in [0.3, 0.4) is 0 Å². The summed E-state index contributed by atoms with van der Waals surface area (Å²) in [4.78, 5) is 20.5. The first-order valence-corrected chi connectivity index (χ1v) is 7.26. The molecule has 0 spiro atoms. The molecule has 3 rings (SSSR count). The summed E-state index contributed by atoms with van der Waals surface area (Å²) in [6.07, 6.45) is 2.26. The average Bonchev–Trinajstić information content (AvgIpc) is 2.95. The van der Waals surface area contributed by atoms with Gasteiger partial charge in [-0.05, 0) is 44.0 Å². The third-order valence-electron chi connectivity index (χ3n) is 3.70. The molecule has 0 saturated heterocycles. The molecule has 1 aromatic carbocycles. The van der Waals surface area contributed by atoms with Gasteiger partial charge in [0, 0.05) is 23.5 Å². The molecule has 1 amide bonds. The van der Waals surface area contributed by atoms with E-state index < -0.39 is 0 Å². The molecular weight excluding hydrogens is 297 g/mol. The lowest BCUT2D eigenvalue weighted by atomic mass is 10.1. The number of nitrogens with one attached hydrogen (secondary N) is 1. The molecule has 118 valence electrons. The van der Waals surface area contributed by atoms with Crippen LogP contribution in [0.5, 0.6) is 0 Å². The Labute approximate surface area is 132 Å². The Morgan fingerprint density at radius 2 is 2.17 bits per heavy atom. The number of fused-ring (bicyclic) bond motifs is 1. The molecule has 0 radical (unpaired) electrons. The molecule has 0 aliphatic carbocycles. The van der Waals surface area contributed by atoms with Crippen molar-refractivity contribution in [2.24, 2.45) is 0 Å². The number of aromatic nitrogens is 4. The van der Waals surface area contributed by atoms with E-state index in [1.54, 1.807) is 16.6 Å².